The molecule has 0 spiro atoms. The van der Waals surface area contributed by atoms with Crippen LogP contribution in [0.4, 0.5) is 4.79 Å². The first-order valence-electron chi connectivity index (χ1n) is 3.66. The van der Waals surface area contributed by atoms with Gasteiger partial charge in [0.2, 0.25) is 0 Å². The number of primary amides is 1. The third-order valence-corrected chi connectivity index (χ3v) is 1.34. The molecule has 0 unspecified atom stereocenters. The number of carbonyl (C=O) groups excluding carboxylic acids is 1. The number of nitrogens with two attached hydrogens (primary N) is 1. The maximum absolute atomic E-state index is 10.2. The molecule has 1 aromatic heterocycles. The normalized spacial score (nSPS) is 9.67. The number of aromatic nitrogens is 3. The number of rotatable bonds is 4. The summed E-state index contributed by atoms with van der Waals surface area (Å²) in [7, 11) is 0. The van der Waals surface area contributed by atoms with Crippen LogP contribution in [0.2, 0.25) is 0 Å². The molecule has 6 heteroatoms. The summed E-state index contributed by atoms with van der Waals surface area (Å²) in [6.07, 6.45) is 4.18. The van der Waals surface area contributed by atoms with Crippen molar-refractivity contribution in [1.29, 1.82) is 0 Å². The number of nitrogens with zero attached hydrogens (tertiary/aromatic N) is 3. The number of hydrogen-bond acceptors (Lipinski definition) is 3. The lowest BCUT2D eigenvalue weighted by molar-refractivity contribution is 0.248. The van der Waals surface area contributed by atoms with Gasteiger partial charge in [-0.05, 0) is 6.42 Å². The van der Waals surface area contributed by atoms with Gasteiger partial charge < -0.3 is 11.1 Å². The number of carbonyl (C=O) groups is 1. The summed E-state index contributed by atoms with van der Waals surface area (Å²) >= 11 is 0. The van der Waals surface area contributed by atoms with E-state index in [1.165, 1.54) is 0 Å². The Balaban J connectivity index is 2.07. The zero-order chi connectivity index (χ0) is 8.81. The molecule has 12 heavy (non-hydrogen) atoms. The maximum Gasteiger partial charge on any atom is 0.312 e. The molecule has 3 N–H and O–H groups in total. The molecule has 0 atom stereocenters. The van der Waals surface area contributed by atoms with Gasteiger partial charge in [0.15, 0.2) is 0 Å². The Labute approximate surface area is 69.7 Å². The van der Waals surface area contributed by atoms with Crippen molar-refractivity contribution < 1.29 is 4.79 Å². The predicted octanol–water partition coefficient (Wildman–Crippen LogP) is -0.664. The van der Waals surface area contributed by atoms with Crippen molar-refractivity contribution in [2.24, 2.45) is 5.73 Å². The van der Waals surface area contributed by atoms with Gasteiger partial charge in [-0.25, -0.2) is 4.79 Å². The van der Waals surface area contributed by atoms with E-state index in [9.17, 15) is 4.79 Å². The quantitative estimate of drug-likeness (QED) is 0.586. The van der Waals surface area contributed by atoms with Crippen LogP contribution >= 0.6 is 0 Å². The Kier molecular flexibility index (Phi) is 3.06. The second-order valence-corrected chi connectivity index (χ2v) is 2.31. The maximum atomic E-state index is 10.2. The van der Waals surface area contributed by atoms with Gasteiger partial charge in [-0.2, -0.15) is 0 Å². The van der Waals surface area contributed by atoms with E-state index >= 15 is 0 Å². The zero-order valence-corrected chi connectivity index (χ0v) is 6.60. The molecule has 0 saturated heterocycles. The second-order valence-electron chi connectivity index (χ2n) is 2.31. The van der Waals surface area contributed by atoms with Gasteiger partial charge in [0.05, 0.1) is 6.20 Å². The van der Waals surface area contributed by atoms with Crippen molar-refractivity contribution in [2.45, 2.75) is 13.0 Å². The highest BCUT2D eigenvalue weighted by atomic mass is 16.2. The van der Waals surface area contributed by atoms with Crippen LogP contribution in [0.15, 0.2) is 12.4 Å². The van der Waals surface area contributed by atoms with Crippen molar-refractivity contribution in [1.82, 2.24) is 20.3 Å². The van der Waals surface area contributed by atoms with Gasteiger partial charge in [0.1, 0.15) is 0 Å². The molecule has 1 aromatic rings. The van der Waals surface area contributed by atoms with E-state index in [0.717, 1.165) is 13.0 Å². The third kappa shape index (κ3) is 3.00. The van der Waals surface area contributed by atoms with Gasteiger partial charge in [0, 0.05) is 19.3 Å². The molecule has 1 rings (SSSR count). The first kappa shape index (κ1) is 8.51. The minimum atomic E-state index is -0.492. The summed E-state index contributed by atoms with van der Waals surface area (Å²) in [5.41, 5.74) is 4.87. The lowest BCUT2D eigenvalue weighted by Gasteiger charge is -2.00. The fourth-order valence-corrected chi connectivity index (χ4v) is 0.805. The predicted molar refractivity (Wildman–Crippen MR) is 42.2 cm³/mol. The Morgan fingerprint density at radius 3 is 3.08 bits per heavy atom. The third-order valence-electron chi connectivity index (χ3n) is 1.34. The van der Waals surface area contributed by atoms with Crippen LogP contribution < -0.4 is 11.1 Å². The van der Waals surface area contributed by atoms with E-state index in [0.29, 0.717) is 6.54 Å². The van der Waals surface area contributed by atoms with Gasteiger partial charge in [0.25, 0.3) is 0 Å². The van der Waals surface area contributed by atoms with E-state index in [2.05, 4.69) is 15.6 Å². The van der Waals surface area contributed by atoms with Crippen LogP contribution in [0.25, 0.3) is 0 Å². The molecule has 0 saturated carbocycles. The number of nitrogens with one attached hydrogen (secondary N) is 1. The van der Waals surface area contributed by atoms with Crippen molar-refractivity contribution in [3.63, 3.8) is 0 Å². The lowest BCUT2D eigenvalue weighted by Crippen LogP contribution is -2.30. The second kappa shape index (κ2) is 4.32. The molecule has 6 nitrogen and oxygen atoms in total. The van der Waals surface area contributed by atoms with E-state index < -0.39 is 6.03 Å². The molecule has 0 bridgehead atoms. The summed E-state index contributed by atoms with van der Waals surface area (Å²) in [6, 6.07) is -0.492. The Bertz CT molecular complexity index is 232. The Morgan fingerprint density at radius 1 is 1.67 bits per heavy atom. The van der Waals surface area contributed by atoms with Crippen molar-refractivity contribution in [3.8, 4) is 0 Å². The summed E-state index contributed by atoms with van der Waals surface area (Å²) in [5, 5.41) is 9.88. The fourth-order valence-electron chi connectivity index (χ4n) is 0.805. The average molecular weight is 169 g/mol. The number of hydrogen-bond donors (Lipinski definition) is 2. The van der Waals surface area contributed by atoms with Crippen LogP contribution in [0.3, 0.4) is 0 Å². The van der Waals surface area contributed by atoms with Crippen molar-refractivity contribution in [3.05, 3.63) is 12.4 Å². The van der Waals surface area contributed by atoms with Crippen LogP contribution in [0, 0.1) is 0 Å². The number of aryl methyl sites for hydroxylation is 1. The summed E-state index contributed by atoms with van der Waals surface area (Å²) < 4.78 is 1.70. The molecule has 0 radical (unpaired) electrons. The molecule has 1 heterocycles. The first-order chi connectivity index (χ1) is 5.79. The number of amides is 2. The fraction of sp³-hybridized carbons (Fsp3) is 0.500. The van der Waals surface area contributed by atoms with Crippen LogP contribution in [-0.4, -0.2) is 27.6 Å². The van der Waals surface area contributed by atoms with Gasteiger partial charge in [-0.3, -0.25) is 4.68 Å². The van der Waals surface area contributed by atoms with E-state index in [1.807, 2.05) is 0 Å². The first-order valence-corrected chi connectivity index (χ1v) is 3.66. The minimum Gasteiger partial charge on any atom is -0.352 e. The number of urea groups is 1. The average Bonchev–Trinajstić information content (AvgIpc) is 2.49. The lowest BCUT2D eigenvalue weighted by atomic mass is 10.4. The highest BCUT2D eigenvalue weighted by Gasteiger charge is 1.92. The Morgan fingerprint density at radius 2 is 2.50 bits per heavy atom. The molecule has 66 valence electrons. The van der Waals surface area contributed by atoms with Crippen LogP contribution in [0.5, 0.6) is 0 Å². The summed E-state index contributed by atoms with van der Waals surface area (Å²) in [6.45, 7) is 1.30. The molecular formula is C6H11N5O. The standard InChI is InChI=1S/C6H11N5O/c7-6(12)8-2-1-4-11-5-3-9-10-11/h3,5H,1-2,4H2,(H3,7,8,12). The molecule has 0 aliphatic heterocycles. The van der Waals surface area contributed by atoms with Crippen molar-refractivity contribution in [2.75, 3.05) is 6.54 Å². The van der Waals surface area contributed by atoms with Gasteiger partial charge in [-0.1, -0.05) is 5.21 Å². The topological polar surface area (TPSA) is 85.8 Å². The Hall–Kier alpha value is -1.59. The monoisotopic (exact) mass is 169 g/mol. The minimum absolute atomic E-state index is 0.492. The van der Waals surface area contributed by atoms with Crippen LogP contribution in [-0.2, 0) is 6.54 Å². The van der Waals surface area contributed by atoms with Crippen molar-refractivity contribution >= 4 is 6.03 Å². The zero-order valence-electron chi connectivity index (χ0n) is 6.60. The largest absolute Gasteiger partial charge is 0.352 e. The molecule has 0 aliphatic carbocycles. The summed E-state index contributed by atoms with van der Waals surface area (Å²) in [4.78, 5) is 10.2. The van der Waals surface area contributed by atoms with E-state index in [4.69, 9.17) is 5.73 Å². The smallest absolute Gasteiger partial charge is 0.312 e. The molecule has 0 aromatic carbocycles. The SMILES string of the molecule is NC(=O)NCCCn1ccnn1. The highest BCUT2D eigenvalue weighted by Crippen LogP contribution is 1.84. The molecule has 0 fully saturated rings. The van der Waals surface area contributed by atoms with Gasteiger partial charge in [-0.15, -0.1) is 5.10 Å². The van der Waals surface area contributed by atoms with Gasteiger partial charge >= 0.3 is 6.03 Å². The van der Waals surface area contributed by atoms with Crippen LogP contribution in [0.1, 0.15) is 6.42 Å². The van der Waals surface area contributed by atoms with E-state index in [-0.39, 0.29) is 0 Å². The summed E-state index contributed by atoms with van der Waals surface area (Å²) in [5.74, 6) is 0. The highest BCUT2D eigenvalue weighted by molar-refractivity contribution is 5.71. The molecular weight excluding hydrogens is 158 g/mol. The van der Waals surface area contributed by atoms with E-state index in [1.54, 1.807) is 17.1 Å². The molecule has 2 amide bonds. The molecule has 0 aliphatic rings.